The van der Waals surface area contributed by atoms with Gasteiger partial charge in [0.25, 0.3) is 0 Å². The van der Waals surface area contributed by atoms with Gasteiger partial charge in [0.15, 0.2) is 0 Å². The van der Waals surface area contributed by atoms with Crippen LogP contribution in [0, 0.1) is 5.92 Å². The van der Waals surface area contributed by atoms with Gasteiger partial charge in [-0.25, -0.2) is 0 Å². The highest BCUT2D eigenvalue weighted by atomic mass is 19.4. The molecule has 2 aliphatic rings. The molecule has 0 radical (unpaired) electrons. The number of nitrogens with zero attached hydrogens (tertiary/aromatic N) is 4. The summed E-state index contributed by atoms with van der Waals surface area (Å²) in [6.07, 6.45) is 0.00913. The van der Waals surface area contributed by atoms with Gasteiger partial charge in [-0.1, -0.05) is 6.42 Å². The third-order valence-electron chi connectivity index (χ3n) is 4.64. The zero-order valence-corrected chi connectivity index (χ0v) is 11.8. The van der Waals surface area contributed by atoms with Crippen LogP contribution in [-0.4, -0.2) is 38.8 Å². The fourth-order valence-electron chi connectivity index (χ4n) is 3.51. The molecular formula is C13H20F3N5. The number of nitrogens with two attached hydrogens (primary N) is 1. The summed E-state index contributed by atoms with van der Waals surface area (Å²) in [4.78, 5) is 2.24. The van der Waals surface area contributed by atoms with Crippen molar-refractivity contribution in [1.82, 2.24) is 19.7 Å². The number of fused-ring (bicyclic) bond motifs is 1. The van der Waals surface area contributed by atoms with Crippen molar-refractivity contribution in [3.05, 3.63) is 11.6 Å². The normalized spacial score (nSPS) is 27.6. The molecule has 0 bridgehead atoms. The van der Waals surface area contributed by atoms with Crippen molar-refractivity contribution in [2.45, 2.75) is 51.0 Å². The smallest absolute Gasteiger partial charge is 0.330 e. The monoisotopic (exact) mass is 303 g/mol. The van der Waals surface area contributed by atoms with Gasteiger partial charge in [-0.3, -0.25) is 4.90 Å². The Kier molecular flexibility index (Phi) is 3.92. The third-order valence-corrected chi connectivity index (χ3v) is 4.64. The number of alkyl halides is 3. The molecule has 0 saturated heterocycles. The van der Waals surface area contributed by atoms with Crippen LogP contribution in [0.25, 0.3) is 0 Å². The van der Waals surface area contributed by atoms with E-state index in [-0.39, 0.29) is 0 Å². The molecule has 2 heterocycles. The average molecular weight is 303 g/mol. The van der Waals surface area contributed by atoms with E-state index in [2.05, 4.69) is 15.1 Å². The van der Waals surface area contributed by atoms with Crippen LogP contribution in [0.3, 0.4) is 0 Å². The zero-order valence-electron chi connectivity index (χ0n) is 11.8. The van der Waals surface area contributed by atoms with Crippen LogP contribution in [0.1, 0.15) is 37.3 Å². The molecule has 2 atom stereocenters. The lowest BCUT2D eigenvalue weighted by Crippen LogP contribution is -2.44. The Hall–Kier alpha value is -1.15. The van der Waals surface area contributed by atoms with Crippen LogP contribution in [0.5, 0.6) is 0 Å². The molecule has 2 N–H and O–H groups in total. The Balaban J connectivity index is 1.72. The molecule has 118 valence electrons. The highest BCUT2D eigenvalue weighted by Gasteiger charge is 2.40. The Labute approximate surface area is 121 Å². The van der Waals surface area contributed by atoms with Gasteiger partial charge in [0.1, 0.15) is 5.82 Å². The number of hydrogen-bond donors (Lipinski definition) is 1. The van der Waals surface area contributed by atoms with Crippen LogP contribution in [-0.2, 0) is 19.3 Å². The molecule has 0 spiro atoms. The number of halogens is 3. The van der Waals surface area contributed by atoms with Crippen molar-refractivity contribution in [2.24, 2.45) is 11.7 Å². The van der Waals surface area contributed by atoms with E-state index in [1.807, 2.05) is 0 Å². The zero-order chi connectivity index (χ0) is 15.0. The molecular weight excluding hydrogens is 283 g/mol. The number of aromatic nitrogens is 3. The third kappa shape index (κ3) is 2.91. The molecule has 1 aromatic heterocycles. The summed E-state index contributed by atoms with van der Waals surface area (Å²) < 4.78 is 39.6. The maximum absolute atomic E-state index is 12.8. The highest BCUT2D eigenvalue weighted by Crippen LogP contribution is 2.32. The van der Waals surface area contributed by atoms with E-state index in [9.17, 15) is 13.2 Å². The van der Waals surface area contributed by atoms with Crippen LogP contribution < -0.4 is 5.73 Å². The Bertz CT molecular complexity index is 498. The molecule has 8 heteroatoms. The van der Waals surface area contributed by atoms with Gasteiger partial charge in [0.2, 0.25) is 5.82 Å². The minimum atomic E-state index is -4.43. The van der Waals surface area contributed by atoms with Gasteiger partial charge in [-0.2, -0.15) is 13.2 Å². The van der Waals surface area contributed by atoms with E-state index in [4.69, 9.17) is 5.73 Å². The standard InChI is InChI=1S/C13H20F3N5/c14-13(15,16)12-19-18-11-8-20(4-5-21(11)12)10-3-1-2-9(6-10)7-17/h9-10H,1-8,17H2. The van der Waals surface area contributed by atoms with Crippen LogP contribution >= 0.6 is 0 Å². The van der Waals surface area contributed by atoms with Crippen LogP contribution in [0.15, 0.2) is 0 Å². The summed E-state index contributed by atoms with van der Waals surface area (Å²) in [6, 6.07) is 0.409. The molecule has 3 rings (SSSR count). The van der Waals surface area contributed by atoms with Gasteiger partial charge in [-0.15, -0.1) is 10.2 Å². The first-order valence-corrected chi connectivity index (χ1v) is 7.42. The lowest BCUT2D eigenvalue weighted by Gasteiger charge is -2.39. The summed E-state index contributed by atoms with van der Waals surface area (Å²) in [5.41, 5.74) is 5.75. The second-order valence-corrected chi connectivity index (χ2v) is 5.98. The predicted molar refractivity (Wildman–Crippen MR) is 70.2 cm³/mol. The van der Waals surface area contributed by atoms with E-state index >= 15 is 0 Å². The minimum absolute atomic E-state index is 0.307. The molecule has 1 fully saturated rings. The van der Waals surface area contributed by atoms with E-state index in [0.29, 0.717) is 44.0 Å². The second-order valence-electron chi connectivity index (χ2n) is 5.98. The minimum Gasteiger partial charge on any atom is -0.330 e. The van der Waals surface area contributed by atoms with Gasteiger partial charge >= 0.3 is 6.18 Å². The van der Waals surface area contributed by atoms with Gasteiger partial charge in [-0.05, 0) is 31.7 Å². The van der Waals surface area contributed by atoms with Crippen molar-refractivity contribution in [3.63, 3.8) is 0 Å². The van der Waals surface area contributed by atoms with Crippen LogP contribution in [0.2, 0.25) is 0 Å². The van der Waals surface area contributed by atoms with Crippen molar-refractivity contribution >= 4 is 0 Å². The van der Waals surface area contributed by atoms with Crippen molar-refractivity contribution < 1.29 is 13.2 Å². The quantitative estimate of drug-likeness (QED) is 0.902. The van der Waals surface area contributed by atoms with E-state index in [1.54, 1.807) is 0 Å². The topological polar surface area (TPSA) is 60.0 Å². The molecule has 1 aliphatic carbocycles. The molecule has 1 aromatic rings. The maximum atomic E-state index is 12.8. The summed E-state index contributed by atoms with van der Waals surface area (Å²) in [5.74, 6) is 0.0818. The lowest BCUT2D eigenvalue weighted by molar-refractivity contribution is -0.148. The van der Waals surface area contributed by atoms with E-state index < -0.39 is 12.0 Å². The number of hydrogen-bond acceptors (Lipinski definition) is 4. The van der Waals surface area contributed by atoms with Gasteiger partial charge < -0.3 is 10.3 Å². The van der Waals surface area contributed by atoms with Gasteiger partial charge in [0.05, 0.1) is 6.54 Å². The Morgan fingerprint density at radius 3 is 2.71 bits per heavy atom. The maximum Gasteiger partial charge on any atom is 0.451 e. The summed E-state index contributed by atoms with van der Waals surface area (Å²) in [6.45, 7) is 2.07. The SMILES string of the molecule is NCC1CCCC(N2CCn3c(nnc3C(F)(F)F)C2)C1. The first-order valence-electron chi connectivity index (χ1n) is 7.42. The molecule has 5 nitrogen and oxygen atoms in total. The fourth-order valence-corrected chi connectivity index (χ4v) is 3.51. The van der Waals surface area contributed by atoms with Gasteiger partial charge in [0, 0.05) is 19.1 Å². The number of rotatable bonds is 2. The second kappa shape index (κ2) is 5.57. The van der Waals surface area contributed by atoms with Crippen LogP contribution in [0.4, 0.5) is 13.2 Å². The summed E-state index contributed by atoms with van der Waals surface area (Å²) in [7, 11) is 0. The van der Waals surface area contributed by atoms with Crippen molar-refractivity contribution in [2.75, 3.05) is 13.1 Å². The molecule has 0 aromatic carbocycles. The summed E-state index contributed by atoms with van der Waals surface area (Å²) >= 11 is 0. The first kappa shape index (κ1) is 14.8. The molecule has 2 unspecified atom stereocenters. The Morgan fingerprint density at radius 1 is 1.19 bits per heavy atom. The van der Waals surface area contributed by atoms with Crippen molar-refractivity contribution in [1.29, 1.82) is 0 Å². The Morgan fingerprint density at radius 2 is 2.00 bits per heavy atom. The lowest BCUT2D eigenvalue weighted by atomic mass is 9.85. The van der Waals surface area contributed by atoms with E-state index in [0.717, 1.165) is 25.7 Å². The first-order chi connectivity index (χ1) is 9.99. The summed E-state index contributed by atoms with van der Waals surface area (Å²) in [5, 5.41) is 7.06. The highest BCUT2D eigenvalue weighted by molar-refractivity contribution is 5.03. The average Bonchev–Trinajstić information content (AvgIpc) is 2.90. The molecule has 1 aliphatic heterocycles. The predicted octanol–water partition coefficient (Wildman–Crippen LogP) is 1.63. The van der Waals surface area contributed by atoms with E-state index in [1.165, 1.54) is 4.57 Å². The molecule has 0 amide bonds. The molecule has 21 heavy (non-hydrogen) atoms. The largest absolute Gasteiger partial charge is 0.451 e. The fraction of sp³-hybridized carbons (Fsp3) is 0.846. The van der Waals surface area contributed by atoms with Crippen molar-refractivity contribution in [3.8, 4) is 0 Å². The molecule has 1 saturated carbocycles.